The molecule has 1 fully saturated rings. The summed E-state index contributed by atoms with van der Waals surface area (Å²) in [6.45, 7) is 0.917. The highest BCUT2D eigenvalue weighted by Crippen LogP contribution is 2.48. The Morgan fingerprint density at radius 1 is 1.25 bits per heavy atom. The van der Waals surface area contributed by atoms with Crippen molar-refractivity contribution >= 4 is 5.91 Å². The topological polar surface area (TPSA) is 58.6 Å². The van der Waals surface area contributed by atoms with Crippen molar-refractivity contribution in [1.82, 2.24) is 5.32 Å². The fourth-order valence-electron chi connectivity index (χ4n) is 2.47. The van der Waals surface area contributed by atoms with Gasteiger partial charge in [-0.3, -0.25) is 4.79 Å². The summed E-state index contributed by atoms with van der Waals surface area (Å²) < 4.78 is 5.14. The minimum atomic E-state index is -0.316. The summed E-state index contributed by atoms with van der Waals surface area (Å²) in [7, 11) is 1.64. The monoisotopic (exact) mass is 277 g/mol. The summed E-state index contributed by atoms with van der Waals surface area (Å²) in [5, 5.41) is 11.7. The van der Waals surface area contributed by atoms with Gasteiger partial charge in [0.15, 0.2) is 0 Å². The third-order valence-electron chi connectivity index (χ3n) is 3.95. The summed E-state index contributed by atoms with van der Waals surface area (Å²) in [6.07, 6.45) is 4.51. The van der Waals surface area contributed by atoms with Crippen molar-refractivity contribution in [2.45, 2.75) is 37.5 Å². The minimum absolute atomic E-state index is 0.131. The van der Waals surface area contributed by atoms with Crippen LogP contribution in [-0.2, 0) is 10.2 Å². The lowest BCUT2D eigenvalue weighted by Gasteiger charge is -2.16. The van der Waals surface area contributed by atoms with Crippen molar-refractivity contribution in [2.24, 2.45) is 0 Å². The molecule has 0 unspecified atom stereocenters. The molecule has 0 bridgehead atoms. The fourth-order valence-corrected chi connectivity index (χ4v) is 2.47. The van der Waals surface area contributed by atoms with Crippen LogP contribution in [0.4, 0.5) is 0 Å². The summed E-state index contributed by atoms with van der Waals surface area (Å²) in [4.78, 5) is 12.3. The second kappa shape index (κ2) is 6.75. The number of unbranched alkanes of at least 4 members (excludes halogenated alkanes) is 2. The molecule has 1 aliphatic rings. The molecule has 4 nitrogen and oxygen atoms in total. The van der Waals surface area contributed by atoms with Gasteiger partial charge in [-0.25, -0.2) is 0 Å². The van der Waals surface area contributed by atoms with E-state index in [4.69, 9.17) is 9.84 Å². The van der Waals surface area contributed by atoms with Gasteiger partial charge in [0, 0.05) is 13.2 Å². The molecule has 2 N–H and O–H groups in total. The molecule has 1 aromatic rings. The minimum Gasteiger partial charge on any atom is -0.497 e. The molecule has 0 aliphatic heterocycles. The van der Waals surface area contributed by atoms with Crippen LogP contribution >= 0.6 is 0 Å². The van der Waals surface area contributed by atoms with E-state index >= 15 is 0 Å². The number of hydrogen-bond acceptors (Lipinski definition) is 3. The lowest BCUT2D eigenvalue weighted by molar-refractivity contribution is -0.123. The number of aliphatic hydroxyl groups excluding tert-OH is 1. The van der Waals surface area contributed by atoms with Crippen molar-refractivity contribution in [1.29, 1.82) is 0 Å². The first-order valence-electron chi connectivity index (χ1n) is 7.26. The predicted molar refractivity (Wildman–Crippen MR) is 77.9 cm³/mol. The van der Waals surface area contributed by atoms with Gasteiger partial charge in [0.1, 0.15) is 5.75 Å². The number of carbonyl (C=O) groups is 1. The van der Waals surface area contributed by atoms with Gasteiger partial charge in [-0.05, 0) is 49.8 Å². The molecule has 1 aromatic carbocycles. The van der Waals surface area contributed by atoms with Crippen LogP contribution < -0.4 is 10.1 Å². The first kappa shape index (κ1) is 14.9. The molecule has 1 amide bonds. The molecule has 2 rings (SSSR count). The number of ether oxygens (including phenoxy) is 1. The zero-order valence-corrected chi connectivity index (χ0v) is 12.0. The maximum atomic E-state index is 12.3. The Labute approximate surface area is 120 Å². The van der Waals surface area contributed by atoms with Crippen molar-refractivity contribution in [3.63, 3.8) is 0 Å². The van der Waals surface area contributed by atoms with Crippen LogP contribution in [0.3, 0.4) is 0 Å². The quantitative estimate of drug-likeness (QED) is 0.715. The van der Waals surface area contributed by atoms with Gasteiger partial charge >= 0.3 is 0 Å². The number of carbonyl (C=O) groups excluding carboxylic acids is 1. The molecule has 110 valence electrons. The molecule has 0 atom stereocenters. The average Bonchev–Trinajstić information content (AvgIpc) is 3.29. The molecule has 1 aliphatic carbocycles. The SMILES string of the molecule is COc1ccc(C2(C(=O)NCCCCCO)CC2)cc1. The maximum Gasteiger partial charge on any atom is 0.230 e. The van der Waals surface area contributed by atoms with Gasteiger partial charge in [0.25, 0.3) is 0 Å². The van der Waals surface area contributed by atoms with Crippen LogP contribution in [0, 0.1) is 0 Å². The average molecular weight is 277 g/mol. The molecule has 20 heavy (non-hydrogen) atoms. The second-order valence-electron chi connectivity index (χ2n) is 5.35. The largest absolute Gasteiger partial charge is 0.497 e. The lowest BCUT2D eigenvalue weighted by atomic mass is 9.95. The van der Waals surface area contributed by atoms with Gasteiger partial charge in [0.05, 0.1) is 12.5 Å². The zero-order chi connectivity index (χ0) is 14.4. The highest BCUT2D eigenvalue weighted by molar-refractivity contribution is 5.91. The Kier molecular flexibility index (Phi) is 5.01. The van der Waals surface area contributed by atoms with Crippen LogP contribution in [0.25, 0.3) is 0 Å². The number of aliphatic hydroxyl groups is 1. The predicted octanol–water partition coefficient (Wildman–Crippen LogP) is 2.01. The van der Waals surface area contributed by atoms with Gasteiger partial charge in [0.2, 0.25) is 5.91 Å². The molecular formula is C16H23NO3. The van der Waals surface area contributed by atoms with Gasteiger partial charge < -0.3 is 15.2 Å². The van der Waals surface area contributed by atoms with Crippen LogP contribution in [0.5, 0.6) is 5.75 Å². The van der Waals surface area contributed by atoms with E-state index in [2.05, 4.69) is 5.32 Å². The van der Waals surface area contributed by atoms with Crippen LogP contribution in [0.15, 0.2) is 24.3 Å². The maximum absolute atomic E-state index is 12.3. The first-order chi connectivity index (χ1) is 9.73. The molecule has 0 heterocycles. The molecule has 4 heteroatoms. The van der Waals surface area contributed by atoms with Crippen molar-refractivity contribution in [3.8, 4) is 5.75 Å². The Morgan fingerprint density at radius 2 is 1.95 bits per heavy atom. The van der Waals surface area contributed by atoms with E-state index in [9.17, 15) is 4.79 Å². The highest BCUT2D eigenvalue weighted by Gasteiger charge is 2.50. The lowest BCUT2D eigenvalue weighted by Crippen LogP contribution is -2.35. The van der Waals surface area contributed by atoms with E-state index in [0.29, 0.717) is 6.54 Å². The summed E-state index contributed by atoms with van der Waals surface area (Å²) in [6, 6.07) is 7.78. The summed E-state index contributed by atoms with van der Waals surface area (Å²) in [5.74, 6) is 0.945. The van der Waals surface area contributed by atoms with E-state index < -0.39 is 0 Å². The molecular weight excluding hydrogens is 254 g/mol. The van der Waals surface area contributed by atoms with Gasteiger partial charge in [-0.2, -0.15) is 0 Å². The van der Waals surface area contributed by atoms with Crippen LogP contribution in [-0.4, -0.2) is 31.3 Å². The Balaban J connectivity index is 1.87. The van der Waals surface area contributed by atoms with E-state index in [-0.39, 0.29) is 17.9 Å². The second-order valence-corrected chi connectivity index (χ2v) is 5.35. The molecule has 0 aromatic heterocycles. The number of nitrogens with one attached hydrogen (secondary N) is 1. The third kappa shape index (κ3) is 3.31. The number of benzene rings is 1. The number of amides is 1. The van der Waals surface area contributed by atoms with E-state index in [1.165, 1.54) is 0 Å². The van der Waals surface area contributed by atoms with Gasteiger partial charge in [-0.15, -0.1) is 0 Å². The van der Waals surface area contributed by atoms with Gasteiger partial charge in [-0.1, -0.05) is 12.1 Å². The molecule has 0 saturated heterocycles. The Bertz CT molecular complexity index is 438. The van der Waals surface area contributed by atoms with E-state index in [1.807, 2.05) is 24.3 Å². The number of hydrogen-bond donors (Lipinski definition) is 2. The van der Waals surface area contributed by atoms with Crippen molar-refractivity contribution in [2.75, 3.05) is 20.3 Å². The van der Waals surface area contributed by atoms with E-state index in [0.717, 1.165) is 43.4 Å². The van der Waals surface area contributed by atoms with Crippen molar-refractivity contribution < 1.29 is 14.6 Å². The number of rotatable bonds is 8. The molecule has 0 spiro atoms. The smallest absolute Gasteiger partial charge is 0.230 e. The van der Waals surface area contributed by atoms with Crippen LogP contribution in [0.2, 0.25) is 0 Å². The highest BCUT2D eigenvalue weighted by atomic mass is 16.5. The first-order valence-corrected chi connectivity index (χ1v) is 7.26. The summed E-state index contributed by atoms with van der Waals surface area (Å²) in [5.41, 5.74) is 0.759. The Morgan fingerprint density at radius 3 is 2.50 bits per heavy atom. The zero-order valence-electron chi connectivity index (χ0n) is 12.0. The third-order valence-corrected chi connectivity index (χ3v) is 3.95. The standard InChI is InChI=1S/C16H23NO3/c1-20-14-7-5-13(6-8-14)16(9-10-16)15(19)17-11-3-2-4-12-18/h5-8,18H,2-4,9-12H2,1H3,(H,17,19). The normalized spacial score (nSPS) is 15.7. The molecule has 0 radical (unpaired) electrons. The van der Waals surface area contributed by atoms with Crippen LogP contribution in [0.1, 0.15) is 37.7 Å². The summed E-state index contributed by atoms with van der Waals surface area (Å²) >= 11 is 0. The number of methoxy groups -OCH3 is 1. The fraction of sp³-hybridized carbons (Fsp3) is 0.562. The van der Waals surface area contributed by atoms with Crippen molar-refractivity contribution in [3.05, 3.63) is 29.8 Å². The Hall–Kier alpha value is -1.55. The van der Waals surface area contributed by atoms with E-state index in [1.54, 1.807) is 7.11 Å². The molecule has 1 saturated carbocycles.